The van der Waals surface area contributed by atoms with Crippen LogP contribution < -0.4 is 0 Å². The molecule has 0 fully saturated rings. The van der Waals surface area contributed by atoms with E-state index in [0.717, 1.165) is 36.4 Å². The third-order valence-corrected chi connectivity index (χ3v) is 9.56. The van der Waals surface area contributed by atoms with E-state index in [4.69, 9.17) is 23.2 Å². The van der Waals surface area contributed by atoms with E-state index in [-0.39, 0.29) is 0 Å². The summed E-state index contributed by atoms with van der Waals surface area (Å²) in [4.78, 5) is -3.75. The van der Waals surface area contributed by atoms with Gasteiger partial charge in [0.25, 0.3) is 0 Å². The average Bonchev–Trinajstić information content (AvgIpc) is 2.70. The molecule has 2 aromatic rings. The largest absolute Gasteiger partial charge is 0.702 e. The van der Waals surface area contributed by atoms with Crippen molar-refractivity contribution >= 4 is 75.2 Å². The highest BCUT2D eigenvalue weighted by atomic mass is 35.5. The van der Waals surface area contributed by atoms with Crippen LogP contribution in [0, 0.1) is 0 Å². The SMILES string of the molecule is O=[P+](OCOS(=O)(=O)c1c(Cl)cccc1SC(F)(F)F)OCOS(=O)(=O)c1c(Cl)cccc1SC(F)(F)F. The lowest BCUT2D eigenvalue weighted by atomic mass is 10.4. The Morgan fingerprint density at radius 1 is 0.711 bits per heavy atom. The maximum absolute atomic E-state index is 12.7. The first-order valence-electron chi connectivity index (χ1n) is 8.93. The molecule has 0 heterocycles. The number of thioether (sulfide) groups is 2. The second-order valence-corrected chi connectivity index (χ2v) is 13.2. The molecule has 0 aliphatic rings. The van der Waals surface area contributed by atoms with E-state index in [1.807, 2.05) is 0 Å². The fourth-order valence-corrected chi connectivity index (χ4v) is 7.69. The van der Waals surface area contributed by atoms with Crippen LogP contribution in [0.5, 0.6) is 0 Å². The molecule has 212 valence electrons. The molecule has 22 heteroatoms. The number of hydrogen-bond acceptors (Lipinski definition) is 11. The van der Waals surface area contributed by atoms with E-state index in [0.29, 0.717) is 0 Å². The maximum Gasteiger partial charge on any atom is 0.702 e. The summed E-state index contributed by atoms with van der Waals surface area (Å²) in [6.07, 6.45) is 0. The second kappa shape index (κ2) is 13.2. The molecule has 0 aliphatic carbocycles. The number of rotatable bonds is 12. The molecular weight excluding hydrogens is 680 g/mol. The van der Waals surface area contributed by atoms with Gasteiger partial charge >= 0.3 is 39.5 Å². The van der Waals surface area contributed by atoms with Gasteiger partial charge < -0.3 is 0 Å². The molecule has 0 amide bonds. The second-order valence-electron chi connectivity index (χ2n) is 6.09. The molecule has 0 bridgehead atoms. The summed E-state index contributed by atoms with van der Waals surface area (Å²) in [5.74, 6) is 0. The van der Waals surface area contributed by atoms with Crippen LogP contribution in [-0.2, 0) is 42.2 Å². The minimum Gasteiger partial charge on any atom is -0.232 e. The minimum absolute atomic E-state index is 0.624. The predicted octanol–water partition coefficient (Wildman–Crippen LogP) is 6.93. The van der Waals surface area contributed by atoms with E-state index >= 15 is 0 Å². The molecule has 9 nitrogen and oxygen atoms in total. The first-order chi connectivity index (χ1) is 17.3. The van der Waals surface area contributed by atoms with Crippen LogP contribution in [0.4, 0.5) is 26.3 Å². The van der Waals surface area contributed by atoms with Crippen molar-refractivity contribution in [1.82, 2.24) is 0 Å². The van der Waals surface area contributed by atoms with Gasteiger partial charge in [0.15, 0.2) is 0 Å². The number of hydrogen-bond donors (Lipinski definition) is 0. The van der Waals surface area contributed by atoms with Crippen molar-refractivity contribution < 1.29 is 65.2 Å². The zero-order chi connectivity index (χ0) is 28.9. The van der Waals surface area contributed by atoms with Gasteiger partial charge in [-0.2, -0.15) is 43.2 Å². The Kier molecular flexibility index (Phi) is 11.6. The monoisotopic (exact) mass is 689 g/mol. The molecule has 0 N–H and O–H groups in total. The summed E-state index contributed by atoms with van der Waals surface area (Å²) in [6, 6.07) is 5.66. The van der Waals surface area contributed by atoms with Gasteiger partial charge in [0, 0.05) is 14.4 Å². The van der Waals surface area contributed by atoms with Crippen molar-refractivity contribution in [2.24, 2.45) is 0 Å². The Labute approximate surface area is 230 Å². The lowest BCUT2D eigenvalue weighted by Crippen LogP contribution is -2.12. The summed E-state index contributed by atoms with van der Waals surface area (Å²) in [6.45, 7) is -2.77. The van der Waals surface area contributed by atoms with Gasteiger partial charge in [0.1, 0.15) is 9.79 Å². The molecule has 0 saturated carbocycles. The van der Waals surface area contributed by atoms with Crippen LogP contribution in [0.2, 0.25) is 10.0 Å². The van der Waals surface area contributed by atoms with Gasteiger partial charge in [-0.15, -0.1) is 0 Å². The molecule has 2 aromatic carbocycles. The molecule has 0 atom stereocenters. The molecule has 2 rings (SSSR count). The maximum atomic E-state index is 12.7. The van der Waals surface area contributed by atoms with Gasteiger partial charge in [0.05, 0.1) is 10.0 Å². The number of halogens is 8. The third-order valence-electron chi connectivity index (χ3n) is 3.54. The molecular formula is C16H10Cl2F6O9PS4+. The van der Waals surface area contributed by atoms with Crippen molar-refractivity contribution in [3.8, 4) is 0 Å². The van der Waals surface area contributed by atoms with Gasteiger partial charge in [-0.05, 0) is 47.8 Å². The first kappa shape index (κ1) is 33.3. The summed E-state index contributed by atoms with van der Waals surface area (Å²) in [5, 5.41) is -1.25. The summed E-state index contributed by atoms with van der Waals surface area (Å²) < 4.78 is 155. The van der Waals surface area contributed by atoms with Crippen molar-refractivity contribution in [2.45, 2.75) is 30.6 Å². The Balaban J connectivity index is 1.99. The lowest BCUT2D eigenvalue weighted by molar-refractivity contribution is -0.0338. The van der Waals surface area contributed by atoms with Crippen LogP contribution in [0.25, 0.3) is 0 Å². The van der Waals surface area contributed by atoms with Gasteiger partial charge in [0.2, 0.25) is 13.6 Å². The average molecular weight is 690 g/mol. The predicted molar refractivity (Wildman–Crippen MR) is 123 cm³/mol. The first-order valence-corrected chi connectivity index (χ1v) is 15.2. The molecule has 38 heavy (non-hydrogen) atoms. The highest BCUT2D eigenvalue weighted by Crippen LogP contribution is 2.44. The zero-order valence-corrected chi connectivity index (χ0v) is 23.3. The zero-order valence-electron chi connectivity index (χ0n) is 17.7. The van der Waals surface area contributed by atoms with Crippen LogP contribution in [0.15, 0.2) is 56.0 Å². The molecule has 0 aromatic heterocycles. The lowest BCUT2D eigenvalue weighted by Gasteiger charge is -2.12. The van der Waals surface area contributed by atoms with Crippen LogP contribution in [0.3, 0.4) is 0 Å². The van der Waals surface area contributed by atoms with Crippen LogP contribution in [0.1, 0.15) is 0 Å². The summed E-state index contributed by atoms with van der Waals surface area (Å²) in [5.41, 5.74) is -9.75. The van der Waals surface area contributed by atoms with E-state index in [2.05, 4.69) is 17.4 Å². The quantitative estimate of drug-likeness (QED) is 0.0758. The van der Waals surface area contributed by atoms with Gasteiger partial charge in [-0.25, -0.2) is 8.37 Å². The molecule has 0 saturated heterocycles. The fourth-order valence-electron chi connectivity index (χ4n) is 2.28. The van der Waals surface area contributed by atoms with Gasteiger partial charge in [-0.1, -0.05) is 44.4 Å². The Hall–Kier alpha value is -0.860. The van der Waals surface area contributed by atoms with E-state index < -0.39 is 106 Å². The third kappa shape index (κ3) is 10.3. The number of benzene rings is 2. The summed E-state index contributed by atoms with van der Waals surface area (Å²) in [7, 11) is -13.3. The Morgan fingerprint density at radius 3 is 1.37 bits per heavy atom. The van der Waals surface area contributed by atoms with Crippen molar-refractivity contribution in [2.75, 3.05) is 13.6 Å². The molecule has 0 unspecified atom stereocenters. The van der Waals surface area contributed by atoms with Gasteiger partial charge in [-0.3, -0.25) is 0 Å². The van der Waals surface area contributed by atoms with E-state index in [9.17, 15) is 47.7 Å². The van der Waals surface area contributed by atoms with E-state index in [1.54, 1.807) is 0 Å². The molecule has 0 spiro atoms. The highest BCUT2D eigenvalue weighted by molar-refractivity contribution is 8.01. The normalized spacial score (nSPS) is 13.1. The van der Waals surface area contributed by atoms with Crippen molar-refractivity contribution in [3.05, 3.63) is 46.4 Å². The van der Waals surface area contributed by atoms with Crippen molar-refractivity contribution in [1.29, 1.82) is 0 Å². The standard InChI is InChI=1S/C16H10Cl2F6O9PS4/c17-9-3-1-5-11(35-15(19,20)21)13(9)37(26,27)32-7-30-34(25)31-8-33-38(28,29)14-10(18)4-2-6-12(14)36-16(22,23)24/h1-6H,7-8H2/q+1. The number of alkyl halides is 6. The molecule has 0 aliphatic heterocycles. The smallest absolute Gasteiger partial charge is 0.232 e. The molecule has 0 radical (unpaired) electrons. The summed E-state index contributed by atoms with van der Waals surface area (Å²) >= 11 is 9.81. The topological polar surface area (TPSA) is 122 Å². The van der Waals surface area contributed by atoms with Crippen molar-refractivity contribution in [3.63, 3.8) is 0 Å². The van der Waals surface area contributed by atoms with E-state index in [1.165, 1.54) is 0 Å². The van der Waals surface area contributed by atoms with Crippen LogP contribution in [-0.4, -0.2) is 41.4 Å². The minimum atomic E-state index is -4.99. The highest BCUT2D eigenvalue weighted by Gasteiger charge is 2.36. The van der Waals surface area contributed by atoms with Crippen LogP contribution >= 0.6 is 55.0 Å². The Bertz CT molecular complexity index is 1290. The fraction of sp³-hybridized carbons (Fsp3) is 0.250. The Morgan fingerprint density at radius 2 is 1.05 bits per heavy atom.